The first-order chi connectivity index (χ1) is 17.5. The normalized spacial score (nSPS) is 17.8. The minimum Gasteiger partial charge on any atom is -0.444 e. The molecule has 0 saturated carbocycles. The summed E-state index contributed by atoms with van der Waals surface area (Å²) in [6, 6.07) is 2.73. The van der Waals surface area contributed by atoms with Gasteiger partial charge in [-0.2, -0.15) is 0 Å². The Morgan fingerprint density at radius 1 is 1.16 bits per heavy atom. The maximum absolute atomic E-state index is 14.5. The number of carbonyl (C=O) groups excluding carboxylic acids is 2. The molecule has 5 rings (SSSR count). The van der Waals surface area contributed by atoms with Gasteiger partial charge in [-0.15, -0.1) is 0 Å². The van der Waals surface area contributed by atoms with Crippen LogP contribution in [0.3, 0.4) is 0 Å². The first-order valence-corrected chi connectivity index (χ1v) is 12.5. The largest absolute Gasteiger partial charge is 0.444 e. The topological polar surface area (TPSA) is 95.3 Å². The van der Waals surface area contributed by atoms with Crippen LogP contribution in [-0.2, 0) is 11.2 Å². The fourth-order valence-electron chi connectivity index (χ4n) is 4.95. The molecule has 1 fully saturated rings. The highest BCUT2D eigenvalue weighted by Gasteiger charge is 2.36. The molecule has 0 radical (unpaired) electrons. The number of fused-ring (bicyclic) bond motifs is 2. The van der Waals surface area contributed by atoms with Gasteiger partial charge in [-0.3, -0.25) is 4.90 Å². The van der Waals surface area contributed by atoms with E-state index in [2.05, 4.69) is 20.2 Å². The van der Waals surface area contributed by atoms with E-state index in [0.29, 0.717) is 49.8 Å². The van der Waals surface area contributed by atoms with Crippen LogP contribution in [0.5, 0.6) is 0 Å². The average Bonchev–Trinajstić information content (AvgIpc) is 3.36. The third-order valence-corrected chi connectivity index (χ3v) is 6.55. The molecule has 1 N–H and O–H groups in total. The van der Waals surface area contributed by atoms with Crippen molar-refractivity contribution >= 4 is 35.0 Å². The van der Waals surface area contributed by atoms with Crippen LogP contribution in [-0.4, -0.2) is 69.2 Å². The van der Waals surface area contributed by atoms with Crippen molar-refractivity contribution in [2.24, 2.45) is 0 Å². The van der Waals surface area contributed by atoms with Gasteiger partial charge in [0.15, 0.2) is 11.5 Å². The van der Waals surface area contributed by atoms with Gasteiger partial charge in [0.2, 0.25) is 0 Å². The lowest BCUT2D eigenvalue weighted by Crippen LogP contribution is -2.50. The van der Waals surface area contributed by atoms with Gasteiger partial charge in [-0.05, 0) is 47.1 Å². The van der Waals surface area contributed by atoms with E-state index in [1.807, 2.05) is 33.8 Å². The maximum Gasteiger partial charge on any atom is 0.410 e. The molecule has 196 valence electrons. The summed E-state index contributed by atoms with van der Waals surface area (Å²) in [5.74, 6) is 0.0869. The monoisotopic (exact) mass is 509 g/mol. The van der Waals surface area contributed by atoms with Crippen LogP contribution in [0.4, 0.5) is 31.2 Å². The number of halogens is 1. The third kappa shape index (κ3) is 4.90. The summed E-state index contributed by atoms with van der Waals surface area (Å²) in [5.41, 5.74) is 2.71. The first kappa shape index (κ1) is 24.8. The number of hydrogen-bond acceptors (Lipinski definition) is 6. The van der Waals surface area contributed by atoms with Crippen molar-refractivity contribution in [3.63, 3.8) is 0 Å². The number of ether oxygens (including phenoxy) is 1. The van der Waals surface area contributed by atoms with Gasteiger partial charge in [-0.1, -0.05) is 0 Å². The van der Waals surface area contributed by atoms with Crippen LogP contribution in [0, 0.1) is 12.7 Å². The average molecular weight is 510 g/mol. The zero-order chi connectivity index (χ0) is 26.5. The number of carbonyl (C=O) groups is 2. The molecule has 1 unspecified atom stereocenters. The van der Waals surface area contributed by atoms with Gasteiger partial charge in [0, 0.05) is 68.1 Å². The smallest absolute Gasteiger partial charge is 0.410 e. The number of rotatable bonds is 2. The van der Waals surface area contributed by atoms with E-state index in [0.717, 1.165) is 11.3 Å². The fourth-order valence-corrected chi connectivity index (χ4v) is 4.95. The van der Waals surface area contributed by atoms with E-state index < -0.39 is 11.4 Å². The molecular formula is C26H32FN7O3. The quantitative estimate of drug-likeness (QED) is 0.556. The lowest BCUT2D eigenvalue weighted by atomic mass is 10.1. The van der Waals surface area contributed by atoms with E-state index in [4.69, 9.17) is 4.74 Å². The lowest BCUT2D eigenvalue weighted by molar-refractivity contribution is 0.0240. The molecule has 5 heterocycles. The van der Waals surface area contributed by atoms with Crippen molar-refractivity contribution in [3.05, 3.63) is 47.8 Å². The molecule has 3 aromatic rings. The van der Waals surface area contributed by atoms with Gasteiger partial charge in [0.25, 0.3) is 0 Å². The van der Waals surface area contributed by atoms with Gasteiger partial charge in [0.1, 0.15) is 11.4 Å². The highest BCUT2D eigenvalue weighted by Crippen LogP contribution is 2.37. The van der Waals surface area contributed by atoms with E-state index in [9.17, 15) is 14.0 Å². The van der Waals surface area contributed by atoms with Crippen LogP contribution in [0.15, 0.2) is 30.7 Å². The Labute approximate surface area is 215 Å². The third-order valence-electron chi connectivity index (χ3n) is 6.55. The number of aryl methyl sites for hydroxylation is 1. The van der Waals surface area contributed by atoms with Crippen molar-refractivity contribution in [2.45, 2.75) is 52.7 Å². The molecular weight excluding hydrogens is 477 g/mol. The van der Waals surface area contributed by atoms with Crippen LogP contribution < -0.4 is 15.1 Å². The van der Waals surface area contributed by atoms with E-state index >= 15 is 0 Å². The molecule has 0 aromatic carbocycles. The fraction of sp³-hybridized carbons (Fsp3) is 0.462. The number of hydrogen-bond donors (Lipinski definition) is 1. The van der Waals surface area contributed by atoms with Crippen LogP contribution in [0.1, 0.15) is 39.0 Å². The van der Waals surface area contributed by atoms with Crippen LogP contribution >= 0.6 is 0 Å². The number of pyridine rings is 2. The summed E-state index contributed by atoms with van der Waals surface area (Å²) in [7, 11) is 0. The Hall–Kier alpha value is -3.89. The van der Waals surface area contributed by atoms with Crippen molar-refractivity contribution in [3.8, 4) is 0 Å². The molecule has 2 aliphatic heterocycles. The highest BCUT2D eigenvalue weighted by atomic mass is 19.1. The second-order valence-corrected chi connectivity index (χ2v) is 10.6. The zero-order valence-electron chi connectivity index (χ0n) is 21.8. The Bertz CT molecular complexity index is 1360. The molecule has 10 nitrogen and oxygen atoms in total. The maximum atomic E-state index is 14.5. The number of nitrogens with zero attached hydrogens (tertiary/aromatic N) is 6. The van der Waals surface area contributed by atoms with Gasteiger partial charge < -0.3 is 24.3 Å². The summed E-state index contributed by atoms with van der Waals surface area (Å²) < 4.78 is 21.6. The SMILES string of the molecule is Cc1cn2cc(NC(=O)N3c4nccc(N5CCN(C(=O)OC(C)(C)C)CC5)c4CC3C)cc(F)c2n1. The Morgan fingerprint density at radius 3 is 2.59 bits per heavy atom. The van der Waals surface area contributed by atoms with Crippen molar-refractivity contribution in [1.82, 2.24) is 19.3 Å². The molecule has 1 saturated heterocycles. The number of aromatic nitrogens is 3. The van der Waals surface area contributed by atoms with Gasteiger partial charge >= 0.3 is 12.1 Å². The molecule has 3 aromatic heterocycles. The van der Waals surface area contributed by atoms with E-state index in [1.54, 1.807) is 39.7 Å². The van der Waals surface area contributed by atoms with Crippen LogP contribution in [0.25, 0.3) is 5.65 Å². The molecule has 11 heteroatoms. The number of imidazole rings is 1. The number of anilines is 3. The van der Waals surface area contributed by atoms with Crippen molar-refractivity contribution < 1.29 is 18.7 Å². The molecule has 3 amide bonds. The lowest BCUT2D eigenvalue weighted by Gasteiger charge is -2.37. The van der Waals surface area contributed by atoms with Gasteiger partial charge in [-0.25, -0.2) is 23.9 Å². The second kappa shape index (κ2) is 9.20. The molecule has 0 aliphatic carbocycles. The first-order valence-electron chi connectivity index (χ1n) is 12.5. The second-order valence-electron chi connectivity index (χ2n) is 10.6. The molecule has 0 spiro atoms. The summed E-state index contributed by atoms with van der Waals surface area (Å²) in [5, 5.41) is 2.82. The molecule has 2 aliphatic rings. The van der Waals surface area contributed by atoms with Gasteiger partial charge in [0.05, 0.1) is 11.4 Å². The number of piperazine rings is 1. The Balaban J connectivity index is 1.32. The molecule has 0 bridgehead atoms. The van der Waals surface area contributed by atoms with Crippen LogP contribution in [0.2, 0.25) is 0 Å². The minimum absolute atomic E-state index is 0.129. The highest BCUT2D eigenvalue weighted by molar-refractivity contribution is 6.03. The predicted molar refractivity (Wildman–Crippen MR) is 139 cm³/mol. The Kier molecular flexibility index (Phi) is 6.17. The number of amides is 3. The van der Waals surface area contributed by atoms with E-state index in [-0.39, 0.29) is 23.8 Å². The Morgan fingerprint density at radius 2 is 1.89 bits per heavy atom. The summed E-state index contributed by atoms with van der Waals surface area (Å²) >= 11 is 0. The summed E-state index contributed by atoms with van der Waals surface area (Å²) in [4.78, 5) is 40.0. The predicted octanol–water partition coefficient (Wildman–Crippen LogP) is 4.22. The number of urea groups is 1. The van der Waals surface area contributed by atoms with Crippen molar-refractivity contribution in [1.29, 1.82) is 0 Å². The molecule has 1 atom stereocenters. The standard InChI is InChI=1S/C26H32FN7O3/c1-16-14-33-15-18(13-20(27)23(33)29-16)30-24(35)34-17(2)12-19-21(6-7-28-22(19)34)31-8-10-32(11-9-31)25(36)37-26(3,4)5/h6-7,13-15,17H,8-12H2,1-5H3,(H,30,35). The van der Waals surface area contributed by atoms with E-state index in [1.165, 1.54) is 6.07 Å². The minimum atomic E-state index is -0.532. The van der Waals surface area contributed by atoms with Crippen molar-refractivity contribution in [2.75, 3.05) is 41.3 Å². The summed E-state index contributed by atoms with van der Waals surface area (Å²) in [6.07, 6.45) is 5.40. The zero-order valence-corrected chi connectivity index (χ0v) is 21.8. The summed E-state index contributed by atoms with van der Waals surface area (Å²) in [6.45, 7) is 11.7. The molecule has 37 heavy (non-hydrogen) atoms. The number of nitrogens with one attached hydrogen (secondary N) is 1.